The van der Waals surface area contributed by atoms with Gasteiger partial charge in [0.25, 0.3) is 5.91 Å². The predicted molar refractivity (Wildman–Crippen MR) is 129 cm³/mol. The van der Waals surface area contributed by atoms with Crippen LogP contribution in [0.2, 0.25) is 5.02 Å². The van der Waals surface area contributed by atoms with Crippen molar-refractivity contribution in [1.82, 2.24) is 35.8 Å². The van der Waals surface area contributed by atoms with E-state index in [1.165, 1.54) is 12.1 Å². The molecule has 0 spiro atoms. The number of halogens is 2. The van der Waals surface area contributed by atoms with Gasteiger partial charge in [-0.1, -0.05) is 17.7 Å². The molecule has 0 atom stereocenters. The number of hydrogen-bond acceptors (Lipinski definition) is 7. The lowest BCUT2D eigenvalue weighted by atomic mass is 9.86. The van der Waals surface area contributed by atoms with Crippen molar-refractivity contribution in [3.8, 4) is 11.4 Å². The molecule has 0 saturated heterocycles. The zero-order valence-electron chi connectivity index (χ0n) is 19.7. The number of rotatable bonds is 8. The van der Waals surface area contributed by atoms with Gasteiger partial charge >= 0.3 is 0 Å². The van der Waals surface area contributed by atoms with Crippen LogP contribution < -0.4 is 10.6 Å². The first-order chi connectivity index (χ1) is 17.3. The largest absolute Gasteiger partial charge is 0.387 e. The summed E-state index contributed by atoms with van der Waals surface area (Å²) in [7, 11) is 0. The van der Waals surface area contributed by atoms with E-state index in [4.69, 9.17) is 16.7 Å². The van der Waals surface area contributed by atoms with Gasteiger partial charge in [-0.3, -0.25) is 9.59 Å². The molecule has 0 radical (unpaired) electrons. The standard InChI is InChI=1S/C24H27ClFN7O3/c1-14-8-17(10-21(28-14)24(36)27-11-16-4-7-20(26)19(25)9-16)23-30-32-33(31-23)12-15-2-5-18(6-3-15)29-22(35)13-34/h4,7-10,15,18,34H,2-3,5-6,11-13H2,1H3,(H,27,36)(H,29,35)/t15-,18-. The maximum absolute atomic E-state index is 13.3. The number of carbonyl (C=O) groups excluding carboxylic acids is 2. The van der Waals surface area contributed by atoms with E-state index in [9.17, 15) is 14.0 Å². The highest BCUT2D eigenvalue weighted by atomic mass is 35.5. The van der Waals surface area contributed by atoms with Gasteiger partial charge in [-0.05, 0) is 73.6 Å². The lowest BCUT2D eigenvalue weighted by Crippen LogP contribution is -2.39. The average molecular weight is 516 g/mol. The zero-order valence-corrected chi connectivity index (χ0v) is 20.5. The van der Waals surface area contributed by atoms with Crippen molar-refractivity contribution >= 4 is 23.4 Å². The summed E-state index contributed by atoms with van der Waals surface area (Å²) in [6, 6.07) is 7.75. The monoisotopic (exact) mass is 515 g/mol. The van der Waals surface area contributed by atoms with Crippen molar-refractivity contribution in [2.45, 2.75) is 51.7 Å². The Morgan fingerprint density at radius 1 is 1.19 bits per heavy atom. The summed E-state index contributed by atoms with van der Waals surface area (Å²) in [5, 5.41) is 27.3. The number of hydrogen-bond donors (Lipinski definition) is 3. The molecule has 0 unspecified atom stereocenters. The molecule has 3 N–H and O–H groups in total. The lowest BCUT2D eigenvalue weighted by molar-refractivity contribution is -0.124. The Balaban J connectivity index is 1.36. The van der Waals surface area contributed by atoms with Crippen molar-refractivity contribution in [2.24, 2.45) is 5.92 Å². The molecular weight excluding hydrogens is 489 g/mol. The van der Waals surface area contributed by atoms with Crippen LogP contribution in [0.1, 0.15) is 47.4 Å². The predicted octanol–water partition coefficient (Wildman–Crippen LogP) is 2.43. The van der Waals surface area contributed by atoms with E-state index < -0.39 is 18.3 Å². The average Bonchev–Trinajstić information content (AvgIpc) is 3.34. The number of aliphatic hydroxyl groups excluding tert-OH is 1. The molecule has 1 fully saturated rings. The van der Waals surface area contributed by atoms with Crippen molar-refractivity contribution in [2.75, 3.05) is 6.61 Å². The summed E-state index contributed by atoms with van der Waals surface area (Å²) in [5.41, 5.74) is 2.12. The number of aromatic nitrogens is 5. The Morgan fingerprint density at radius 3 is 2.69 bits per heavy atom. The van der Waals surface area contributed by atoms with E-state index in [0.717, 1.165) is 25.7 Å². The summed E-state index contributed by atoms with van der Waals surface area (Å²) in [5.74, 6) is -0.505. The van der Waals surface area contributed by atoms with Gasteiger partial charge in [0.2, 0.25) is 11.7 Å². The van der Waals surface area contributed by atoms with E-state index in [-0.39, 0.29) is 29.2 Å². The van der Waals surface area contributed by atoms with Gasteiger partial charge in [-0.2, -0.15) is 4.80 Å². The molecular formula is C24H27ClFN7O3. The number of benzene rings is 1. The molecule has 1 aliphatic carbocycles. The summed E-state index contributed by atoms with van der Waals surface area (Å²) >= 11 is 5.80. The molecule has 1 aliphatic rings. The van der Waals surface area contributed by atoms with Crippen LogP contribution in [0.25, 0.3) is 11.4 Å². The van der Waals surface area contributed by atoms with Gasteiger partial charge in [-0.25, -0.2) is 9.37 Å². The molecule has 2 aromatic heterocycles. The molecule has 190 valence electrons. The highest BCUT2D eigenvalue weighted by Gasteiger charge is 2.23. The van der Waals surface area contributed by atoms with Crippen LogP contribution in [0.15, 0.2) is 30.3 Å². The minimum absolute atomic E-state index is 0.00612. The van der Waals surface area contributed by atoms with E-state index in [0.29, 0.717) is 35.1 Å². The van der Waals surface area contributed by atoms with Crippen LogP contribution in [-0.4, -0.2) is 54.8 Å². The second-order valence-corrected chi connectivity index (χ2v) is 9.33. The van der Waals surface area contributed by atoms with Crippen LogP contribution in [0, 0.1) is 18.7 Å². The third-order valence-electron chi connectivity index (χ3n) is 6.11. The molecule has 0 bridgehead atoms. The third-order valence-corrected chi connectivity index (χ3v) is 6.40. The normalized spacial score (nSPS) is 17.6. The third kappa shape index (κ3) is 6.61. The van der Waals surface area contributed by atoms with Gasteiger partial charge in [-0.15, -0.1) is 10.2 Å². The van der Waals surface area contributed by atoms with Crippen molar-refractivity contribution < 1.29 is 19.1 Å². The first-order valence-corrected chi connectivity index (χ1v) is 12.1. The molecule has 1 aromatic carbocycles. The van der Waals surface area contributed by atoms with Crippen LogP contribution in [0.5, 0.6) is 0 Å². The highest BCUT2D eigenvalue weighted by molar-refractivity contribution is 6.30. The number of aliphatic hydroxyl groups is 1. The molecule has 3 aromatic rings. The number of amides is 2. The molecule has 1 saturated carbocycles. The molecule has 10 nitrogen and oxygen atoms in total. The van der Waals surface area contributed by atoms with E-state index in [1.807, 2.05) is 0 Å². The SMILES string of the molecule is Cc1cc(-c2nnn(C[C@H]3CC[C@H](NC(=O)CO)CC3)n2)cc(C(=O)NCc2ccc(F)c(Cl)c2)n1. The molecule has 4 rings (SSSR count). The van der Waals surface area contributed by atoms with Crippen molar-refractivity contribution in [3.63, 3.8) is 0 Å². The van der Waals surface area contributed by atoms with Gasteiger partial charge in [0.1, 0.15) is 18.1 Å². The van der Waals surface area contributed by atoms with Gasteiger partial charge in [0.05, 0.1) is 11.6 Å². The smallest absolute Gasteiger partial charge is 0.270 e. The Morgan fingerprint density at radius 2 is 1.97 bits per heavy atom. The number of aryl methyl sites for hydroxylation is 1. The fourth-order valence-corrected chi connectivity index (χ4v) is 4.47. The highest BCUT2D eigenvalue weighted by Crippen LogP contribution is 2.26. The van der Waals surface area contributed by atoms with E-state index in [1.54, 1.807) is 29.9 Å². The lowest BCUT2D eigenvalue weighted by Gasteiger charge is -2.28. The van der Waals surface area contributed by atoms with Gasteiger partial charge < -0.3 is 15.7 Å². The molecule has 36 heavy (non-hydrogen) atoms. The summed E-state index contributed by atoms with van der Waals surface area (Å²) in [6.07, 6.45) is 3.49. The van der Waals surface area contributed by atoms with Crippen LogP contribution >= 0.6 is 11.6 Å². The number of pyridine rings is 1. The zero-order chi connectivity index (χ0) is 25.7. The number of nitrogens with zero attached hydrogens (tertiary/aromatic N) is 5. The van der Waals surface area contributed by atoms with E-state index in [2.05, 4.69) is 31.0 Å². The maximum atomic E-state index is 13.3. The van der Waals surface area contributed by atoms with Crippen LogP contribution in [-0.2, 0) is 17.9 Å². The number of tetrazole rings is 1. The quantitative estimate of drug-likeness (QED) is 0.419. The number of carbonyl (C=O) groups is 2. The summed E-state index contributed by atoms with van der Waals surface area (Å²) in [6.45, 7) is 2.06. The number of nitrogens with one attached hydrogen (secondary N) is 2. The Labute approximate surface area is 212 Å². The van der Waals surface area contributed by atoms with Crippen molar-refractivity contribution in [3.05, 3.63) is 58.1 Å². The van der Waals surface area contributed by atoms with Gasteiger partial charge in [0, 0.05) is 23.8 Å². The Hall–Kier alpha value is -3.44. The second-order valence-electron chi connectivity index (χ2n) is 8.92. The van der Waals surface area contributed by atoms with Crippen LogP contribution in [0.3, 0.4) is 0 Å². The maximum Gasteiger partial charge on any atom is 0.270 e. The Bertz CT molecular complexity index is 1240. The van der Waals surface area contributed by atoms with Gasteiger partial charge in [0.15, 0.2) is 0 Å². The molecule has 2 heterocycles. The summed E-state index contributed by atoms with van der Waals surface area (Å²) in [4.78, 5) is 29.9. The molecule has 2 amide bonds. The first kappa shape index (κ1) is 25.6. The summed E-state index contributed by atoms with van der Waals surface area (Å²) < 4.78 is 13.3. The Kier molecular flexibility index (Phi) is 8.21. The first-order valence-electron chi connectivity index (χ1n) is 11.7. The fraction of sp³-hybridized carbons (Fsp3) is 0.417. The topological polar surface area (TPSA) is 135 Å². The second kappa shape index (κ2) is 11.5. The van der Waals surface area contributed by atoms with Crippen molar-refractivity contribution in [1.29, 1.82) is 0 Å². The van der Waals surface area contributed by atoms with E-state index >= 15 is 0 Å². The molecule has 12 heteroatoms. The minimum atomic E-state index is -0.517. The minimum Gasteiger partial charge on any atom is -0.387 e. The molecule has 0 aliphatic heterocycles. The van der Waals surface area contributed by atoms with Crippen LogP contribution in [0.4, 0.5) is 4.39 Å². The fourth-order valence-electron chi connectivity index (χ4n) is 4.27.